The Morgan fingerprint density at radius 3 is 1.51 bits per heavy atom. The number of aliphatic hydroxyl groups excluding tert-OH is 1. The second kappa shape index (κ2) is 27.9. The van der Waals surface area contributed by atoms with E-state index in [2.05, 4.69) is 149 Å². The molecule has 3 heteroatoms. The van der Waals surface area contributed by atoms with Crippen molar-refractivity contribution >= 4 is 22.5 Å². The van der Waals surface area contributed by atoms with E-state index in [1.165, 1.54) is 196 Å². The Bertz CT molecular complexity index is 4280. The number of hydrogen-bond donors (Lipinski definition) is 1. The molecule has 16 fully saturated rings. The van der Waals surface area contributed by atoms with Crippen LogP contribution in [0, 0.1) is 190 Å². The monoisotopic (exact) mass is 1560 g/mol. The zero-order valence-electron chi connectivity index (χ0n) is 74.2. The predicted octanol–water partition coefficient (Wildman–Crippen LogP) is 29.6. The molecular weight excluding hydrogens is 1400 g/mol. The molecule has 15 unspecified atom stereocenters. The first-order valence-corrected chi connectivity index (χ1v) is 51.4. The van der Waals surface area contributed by atoms with E-state index in [4.69, 9.17) is 4.74 Å². The maximum atomic E-state index is 10.4. The quantitative estimate of drug-likeness (QED) is 0.228. The van der Waals surface area contributed by atoms with Crippen LogP contribution in [-0.2, 0) is 30.4 Å². The molecule has 3 aromatic carbocycles. The van der Waals surface area contributed by atoms with Crippen molar-refractivity contribution in [2.75, 3.05) is 5.94 Å². The lowest BCUT2D eigenvalue weighted by atomic mass is 9.45. The first-order chi connectivity index (χ1) is 54.8. The summed E-state index contributed by atoms with van der Waals surface area (Å²) < 4.78 is 5.96. The third kappa shape index (κ3) is 12.0. The summed E-state index contributed by atoms with van der Waals surface area (Å²) in [5.41, 5.74) is 16.7. The summed E-state index contributed by atoms with van der Waals surface area (Å²) in [7, 11) is 0. The highest BCUT2D eigenvalue weighted by molar-refractivity contribution is 8.03. The molecule has 0 radical (unpaired) electrons. The van der Waals surface area contributed by atoms with E-state index in [1.54, 1.807) is 117 Å². The number of fused-ring (bicyclic) bond motifs is 31. The lowest BCUT2D eigenvalue weighted by molar-refractivity contribution is -0.105. The smallest absolute Gasteiger partial charge is 0.138 e. The summed E-state index contributed by atoms with van der Waals surface area (Å²) in [4.78, 5) is 1.58. The van der Waals surface area contributed by atoms with Crippen LogP contribution in [0.25, 0.3) is 10.8 Å². The van der Waals surface area contributed by atoms with Gasteiger partial charge in [-0.3, -0.25) is 0 Å². The molecule has 34 atom stereocenters. The van der Waals surface area contributed by atoms with Gasteiger partial charge in [-0.2, -0.15) is 0 Å². The summed E-state index contributed by atoms with van der Waals surface area (Å²) >= 11 is 1.96. The second-order valence-electron chi connectivity index (χ2n) is 50.0. The van der Waals surface area contributed by atoms with Crippen LogP contribution in [0.1, 0.15) is 349 Å². The standard InChI is InChI=1S/C27H34.C23H32.C21H30O2S.C20H32.C20H30/c1-26-14-5-8-24(26)22-12-11-20-16-23-19(17-27(20,2)25(22)13-15-26)10-9-18-6-3-4-7-21(18)23;1-22-12-5-8-20(22)19-10-9-18-14-16-6-3-4-7-17(16)15-23(18,2)21(19)11-13-22;1-12-10-21(3)13(8-17(12)22)4-5-14-15(21)6-7-20(2)16(14)9-18-19(20)24-11-23-18;2*1-19-8-3-4-17(19)16-6-5-15-11-13-10-14(13)12-20(15,2)18(16)7-9-19/h3-4,6-7,9-10,20,22,24-25H,5,8,11-17H2,1-2H3;3-4,6-7,18-21H,5,8-15H2,1-2H3;4-5,12-17,22H,6-11H2,1-3H3;13-18H,3-12H2,1-2H3;15-18H,3-12H2,1-2H3/t20-,22?,24?,25?,26-,27-;18-,19?,20?,21?,22-,23-;12-,13+,14?,15?,16?,17-,20+,21+;13-,14+,15+,16?,17?,18?,19+,20+;15-,16?,17?,18?,19-,20-/m00110/s1. The van der Waals surface area contributed by atoms with Crippen LogP contribution < -0.4 is 0 Å². The number of rotatable bonds is 0. The van der Waals surface area contributed by atoms with Crippen LogP contribution in [0.4, 0.5) is 0 Å². The van der Waals surface area contributed by atoms with E-state index in [1.807, 2.05) is 22.9 Å². The van der Waals surface area contributed by atoms with Gasteiger partial charge in [-0.05, 0) is 462 Å². The van der Waals surface area contributed by atoms with E-state index in [0.717, 1.165) is 147 Å². The van der Waals surface area contributed by atoms with Gasteiger partial charge in [-0.15, -0.1) is 0 Å². The average molecular weight is 1560 g/mol. The van der Waals surface area contributed by atoms with Crippen molar-refractivity contribution in [1.82, 2.24) is 0 Å². The van der Waals surface area contributed by atoms with Gasteiger partial charge in [0, 0.05) is 16.7 Å². The van der Waals surface area contributed by atoms with Crippen LogP contribution in [0.2, 0.25) is 0 Å². The second-order valence-corrected chi connectivity index (χ2v) is 50.9. The molecule has 23 aliphatic rings. The van der Waals surface area contributed by atoms with Crippen LogP contribution in [0.5, 0.6) is 0 Å². The third-order valence-corrected chi connectivity index (χ3v) is 46.7. The van der Waals surface area contributed by atoms with Gasteiger partial charge >= 0.3 is 0 Å². The Balaban J connectivity index is 0.0000000872. The molecule has 3 aromatic rings. The largest absolute Gasteiger partial charge is 0.486 e. The lowest BCUT2D eigenvalue weighted by Crippen LogP contribution is -2.53. The van der Waals surface area contributed by atoms with Crippen molar-refractivity contribution in [3.8, 4) is 0 Å². The highest BCUT2D eigenvalue weighted by Gasteiger charge is 2.66. The van der Waals surface area contributed by atoms with Gasteiger partial charge in [-0.25, -0.2) is 0 Å². The highest BCUT2D eigenvalue weighted by atomic mass is 32.2. The Kier molecular flexibility index (Phi) is 18.9. The SMILES string of the molecule is C[C@@H]1C[C@]2(C)C3CC[C@]4(C)C5=C(CC4C3C=C[C@H]2C[C@H]1O)OCS5.C[C@@]12CCCC1C1CC[C@H]3CC4=C(C4)C[C@]3(C)C1CC2.C[C@@]12CCCC1C1CC[C@H]3C[C@H]4C[C@H]4C[C@]3(C)C1CC2.C[C@@]12CCCC1C1CC[C@H]3Cc4c(ccc5ccccc45)C[C@]3(C)C1CC2.C[C@@]12CCCC1C1CC[C@H]3Cc4ccccc4C[C@]3(C)C1CC2. The number of thioether (sulfide) groups is 1. The van der Waals surface area contributed by atoms with Gasteiger partial charge in [0.05, 0.1) is 6.10 Å². The fourth-order valence-electron chi connectivity index (χ4n) is 38.9. The van der Waals surface area contributed by atoms with Gasteiger partial charge in [0.25, 0.3) is 0 Å². The molecule has 0 amide bonds. The summed E-state index contributed by atoms with van der Waals surface area (Å²) in [6, 6.07) is 23.3. The normalized spacial score (nSPS) is 52.7. The molecule has 620 valence electrons. The molecule has 0 bridgehead atoms. The van der Waals surface area contributed by atoms with E-state index in [-0.39, 0.29) is 6.10 Å². The topological polar surface area (TPSA) is 29.5 Å². The van der Waals surface area contributed by atoms with Crippen molar-refractivity contribution in [2.24, 2.45) is 190 Å². The number of benzene rings is 3. The number of aliphatic hydroxyl groups is 1. The highest BCUT2D eigenvalue weighted by Crippen LogP contribution is 2.75. The molecule has 114 heavy (non-hydrogen) atoms. The molecule has 0 spiro atoms. The maximum absolute atomic E-state index is 10.4. The minimum absolute atomic E-state index is 0.111. The summed E-state index contributed by atoms with van der Waals surface area (Å²) in [5, 5.41) is 13.3. The molecule has 22 aliphatic carbocycles. The van der Waals surface area contributed by atoms with Gasteiger partial charge in [0.1, 0.15) is 11.7 Å². The van der Waals surface area contributed by atoms with E-state index in [0.29, 0.717) is 55.7 Å². The van der Waals surface area contributed by atoms with Gasteiger partial charge < -0.3 is 9.84 Å². The average Bonchev–Trinajstić information content (AvgIpc) is 1.35. The molecule has 1 heterocycles. The van der Waals surface area contributed by atoms with Crippen LogP contribution in [0.15, 0.2) is 94.6 Å². The minimum atomic E-state index is -0.111. The summed E-state index contributed by atoms with van der Waals surface area (Å²) in [5.74, 6) is 24.5. The molecule has 26 rings (SSSR count). The fourth-order valence-corrected chi connectivity index (χ4v) is 40.1. The Labute approximate surface area is 699 Å². The van der Waals surface area contributed by atoms with Gasteiger partial charge in [-0.1, -0.05) is 198 Å². The molecule has 1 N–H and O–H groups in total. The van der Waals surface area contributed by atoms with Gasteiger partial charge in [0.15, 0.2) is 0 Å². The predicted molar refractivity (Wildman–Crippen MR) is 475 cm³/mol. The van der Waals surface area contributed by atoms with Crippen molar-refractivity contribution in [1.29, 1.82) is 0 Å². The van der Waals surface area contributed by atoms with E-state index >= 15 is 0 Å². The van der Waals surface area contributed by atoms with Crippen LogP contribution in [-0.4, -0.2) is 17.1 Å². The number of hydrogen-bond acceptors (Lipinski definition) is 3. The first kappa shape index (κ1) is 77.3. The Morgan fingerprint density at radius 2 is 0.904 bits per heavy atom. The van der Waals surface area contributed by atoms with E-state index < -0.39 is 0 Å². The Hall–Kier alpha value is -2.75. The van der Waals surface area contributed by atoms with Crippen molar-refractivity contribution in [3.05, 3.63) is 117 Å². The zero-order chi connectivity index (χ0) is 77.6. The molecule has 1 aliphatic heterocycles. The van der Waals surface area contributed by atoms with E-state index in [9.17, 15) is 5.11 Å². The van der Waals surface area contributed by atoms with Crippen molar-refractivity contribution in [3.63, 3.8) is 0 Å². The number of allylic oxidation sites excluding steroid dienone is 6. The maximum Gasteiger partial charge on any atom is 0.138 e. The zero-order valence-corrected chi connectivity index (χ0v) is 75.0. The number of ether oxygens (including phenoxy) is 1. The third-order valence-electron chi connectivity index (χ3n) is 45.5. The fraction of sp³-hybridized carbons (Fsp3) is 0.802. The van der Waals surface area contributed by atoms with Crippen LogP contribution >= 0.6 is 11.8 Å². The first-order valence-electron chi connectivity index (χ1n) is 50.4. The molecule has 0 saturated heterocycles. The Morgan fingerprint density at radius 1 is 0.386 bits per heavy atom. The molecule has 0 aromatic heterocycles. The molecular formula is C111H158O2S. The summed E-state index contributed by atoms with van der Waals surface area (Å²) in [6.07, 6.45) is 68.6. The summed E-state index contributed by atoms with van der Waals surface area (Å²) in [6.45, 7) is 28.7. The van der Waals surface area contributed by atoms with Crippen molar-refractivity contribution in [2.45, 2.75) is 358 Å². The minimum Gasteiger partial charge on any atom is -0.486 e. The van der Waals surface area contributed by atoms with Gasteiger partial charge in [0.2, 0.25) is 0 Å². The van der Waals surface area contributed by atoms with Crippen molar-refractivity contribution < 1.29 is 9.84 Å². The lowest BCUT2D eigenvalue weighted by Gasteiger charge is -2.60. The van der Waals surface area contributed by atoms with Crippen LogP contribution in [0.3, 0.4) is 0 Å². The molecule has 2 nitrogen and oxygen atoms in total. The molecule has 16 saturated carbocycles.